The summed E-state index contributed by atoms with van der Waals surface area (Å²) in [4.78, 5) is 25.7. The van der Waals surface area contributed by atoms with E-state index in [0.717, 1.165) is 38.9 Å². The Morgan fingerprint density at radius 2 is 1.22 bits per heavy atom. The molecule has 1 aliphatic carbocycles. The van der Waals surface area contributed by atoms with Gasteiger partial charge < -0.3 is 34.7 Å². The molecule has 1 atom stereocenters. The van der Waals surface area contributed by atoms with Crippen molar-refractivity contribution >= 4 is 12.0 Å². The van der Waals surface area contributed by atoms with Crippen LogP contribution in [-0.4, -0.2) is 63.7 Å². The third-order valence-corrected chi connectivity index (χ3v) is 9.23. The van der Waals surface area contributed by atoms with Crippen LogP contribution in [0.15, 0.2) is 127 Å². The van der Waals surface area contributed by atoms with Crippen molar-refractivity contribution in [1.82, 2.24) is 10.6 Å². The SMILES string of the molecule is COc1ccc(C(OC[C@H](CO)NC(=O)CCNC(=O)OCC2c3ccccc3-c3ccccc32)(c2ccccc2)c2ccc(OC)cc2)cc1. The van der Waals surface area contributed by atoms with Crippen molar-refractivity contribution in [2.75, 3.05) is 40.6 Å². The third kappa shape index (κ3) is 7.75. The molecule has 5 aromatic carbocycles. The van der Waals surface area contributed by atoms with E-state index in [1.54, 1.807) is 14.2 Å². The van der Waals surface area contributed by atoms with Crippen LogP contribution in [0.2, 0.25) is 0 Å². The first-order chi connectivity index (χ1) is 25.0. The molecule has 0 heterocycles. The van der Waals surface area contributed by atoms with E-state index in [9.17, 15) is 14.7 Å². The van der Waals surface area contributed by atoms with Crippen molar-refractivity contribution in [1.29, 1.82) is 0 Å². The third-order valence-electron chi connectivity index (χ3n) is 9.23. The number of benzene rings is 5. The summed E-state index contributed by atoms with van der Waals surface area (Å²) < 4.78 is 23.3. The van der Waals surface area contributed by atoms with Crippen LogP contribution in [0.25, 0.3) is 11.1 Å². The van der Waals surface area contributed by atoms with Gasteiger partial charge in [0, 0.05) is 18.9 Å². The van der Waals surface area contributed by atoms with Crippen LogP contribution in [0.1, 0.15) is 40.2 Å². The minimum absolute atomic E-state index is 0.0124. The van der Waals surface area contributed by atoms with Crippen molar-refractivity contribution in [3.63, 3.8) is 0 Å². The number of methoxy groups -OCH3 is 2. The van der Waals surface area contributed by atoms with Crippen LogP contribution >= 0.6 is 0 Å². The molecule has 0 aromatic heterocycles. The number of aliphatic hydroxyl groups excluding tert-OH is 1. The van der Waals surface area contributed by atoms with Gasteiger partial charge in [-0.1, -0.05) is 103 Å². The Labute approximate surface area is 298 Å². The highest BCUT2D eigenvalue weighted by Crippen LogP contribution is 2.45. The Hall–Kier alpha value is -5.64. The summed E-state index contributed by atoms with van der Waals surface area (Å²) in [5.74, 6) is 0.983. The highest BCUT2D eigenvalue weighted by molar-refractivity contribution is 5.79. The van der Waals surface area contributed by atoms with E-state index in [2.05, 4.69) is 34.9 Å². The number of carbonyl (C=O) groups excluding carboxylic acids is 2. The highest BCUT2D eigenvalue weighted by Gasteiger charge is 2.38. The lowest BCUT2D eigenvalue weighted by molar-refractivity contribution is -0.123. The second-order valence-electron chi connectivity index (χ2n) is 12.3. The van der Waals surface area contributed by atoms with Gasteiger partial charge in [0.05, 0.1) is 33.5 Å². The number of amides is 2. The number of carbonyl (C=O) groups is 2. The fourth-order valence-electron chi connectivity index (χ4n) is 6.67. The van der Waals surface area contributed by atoms with Gasteiger partial charge >= 0.3 is 6.09 Å². The molecule has 0 fully saturated rings. The molecular formula is C42H42N2O7. The van der Waals surface area contributed by atoms with Gasteiger partial charge in [-0.2, -0.15) is 0 Å². The summed E-state index contributed by atoms with van der Waals surface area (Å²) >= 11 is 0. The van der Waals surface area contributed by atoms with Gasteiger partial charge in [0.1, 0.15) is 23.7 Å². The van der Waals surface area contributed by atoms with Crippen LogP contribution in [-0.2, 0) is 19.9 Å². The summed E-state index contributed by atoms with van der Waals surface area (Å²) in [6, 6.07) is 40.6. The standard InChI is InChI=1S/C42H42N2O7/c1-48-33-20-16-30(17-21-33)42(29-10-4-3-5-11-29,31-18-22-34(49-2)23-19-31)51-27-32(26-45)44-40(46)24-25-43-41(47)50-28-39-37-14-8-6-12-35(37)36-13-7-9-15-38(36)39/h3-23,32,39,45H,24-28H2,1-2H3,(H,43,47)(H,44,46)/t32-/m0/s1. The molecule has 0 saturated carbocycles. The maximum atomic E-state index is 13.0. The molecule has 6 rings (SSSR count). The molecule has 0 aliphatic heterocycles. The van der Waals surface area contributed by atoms with Crippen molar-refractivity contribution < 1.29 is 33.6 Å². The molecule has 2 amide bonds. The maximum absolute atomic E-state index is 13.0. The van der Waals surface area contributed by atoms with Crippen molar-refractivity contribution in [2.24, 2.45) is 0 Å². The zero-order valence-corrected chi connectivity index (χ0v) is 28.7. The van der Waals surface area contributed by atoms with Crippen LogP contribution in [0.5, 0.6) is 11.5 Å². The molecule has 0 radical (unpaired) electrons. The lowest BCUT2D eigenvalue weighted by Gasteiger charge is -2.37. The molecule has 0 spiro atoms. The zero-order valence-electron chi connectivity index (χ0n) is 28.7. The monoisotopic (exact) mass is 686 g/mol. The quantitative estimate of drug-likeness (QED) is 0.109. The molecule has 0 saturated heterocycles. The number of nitrogens with one attached hydrogen (secondary N) is 2. The smallest absolute Gasteiger partial charge is 0.407 e. The average Bonchev–Trinajstić information content (AvgIpc) is 3.51. The van der Waals surface area contributed by atoms with Crippen LogP contribution in [0.4, 0.5) is 4.79 Å². The first-order valence-electron chi connectivity index (χ1n) is 16.9. The topological polar surface area (TPSA) is 115 Å². The molecule has 1 aliphatic rings. The minimum Gasteiger partial charge on any atom is -0.497 e. The number of aliphatic hydroxyl groups is 1. The Morgan fingerprint density at radius 1 is 0.706 bits per heavy atom. The fraction of sp³-hybridized carbons (Fsp3) is 0.238. The van der Waals surface area contributed by atoms with Gasteiger partial charge in [-0.15, -0.1) is 0 Å². The van der Waals surface area contributed by atoms with Crippen LogP contribution in [0.3, 0.4) is 0 Å². The van der Waals surface area contributed by atoms with Crippen LogP contribution < -0.4 is 20.1 Å². The lowest BCUT2D eigenvalue weighted by Crippen LogP contribution is -2.45. The lowest BCUT2D eigenvalue weighted by atomic mass is 9.80. The number of rotatable bonds is 15. The van der Waals surface area contributed by atoms with E-state index < -0.39 is 17.7 Å². The highest BCUT2D eigenvalue weighted by atomic mass is 16.5. The van der Waals surface area contributed by atoms with Gasteiger partial charge in [0.2, 0.25) is 5.91 Å². The Balaban J connectivity index is 1.09. The van der Waals surface area contributed by atoms with E-state index in [1.807, 2.05) is 103 Å². The van der Waals surface area contributed by atoms with Crippen LogP contribution in [0, 0.1) is 0 Å². The van der Waals surface area contributed by atoms with Gasteiger partial charge in [-0.25, -0.2) is 4.79 Å². The number of ether oxygens (including phenoxy) is 4. The number of alkyl carbamates (subject to hydrolysis) is 1. The molecule has 3 N–H and O–H groups in total. The van der Waals surface area contributed by atoms with Crippen molar-refractivity contribution in [3.05, 3.63) is 155 Å². The Bertz CT molecular complexity index is 1820. The van der Waals surface area contributed by atoms with E-state index in [-0.39, 0.29) is 44.6 Å². The van der Waals surface area contributed by atoms with E-state index in [1.165, 1.54) is 0 Å². The molecule has 5 aromatic rings. The summed E-state index contributed by atoms with van der Waals surface area (Å²) in [6.45, 7) is -0.134. The number of hydrogen-bond donors (Lipinski definition) is 3. The molecule has 51 heavy (non-hydrogen) atoms. The molecule has 9 heteroatoms. The second kappa shape index (κ2) is 16.4. The maximum Gasteiger partial charge on any atom is 0.407 e. The van der Waals surface area contributed by atoms with Crippen molar-refractivity contribution in [3.8, 4) is 22.6 Å². The summed E-state index contributed by atoms with van der Waals surface area (Å²) in [6.07, 6.45) is -0.611. The summed E-state index contributed by atoms with van der Waals surface area (Å²) in [5, 5.41) is 15.9. The van der Waals surface area contributed by atoms with E-state index in [0.29, 0.717) is 11.5 Å². The van der Waals surface area contributed by atoms with Gasteiger partial charge in [-0.3, -0.25) is 4.79 Å². The first kappa shape index (κ1) is 35.2. The number of fused-ring (bicyclic) bond motifs is 3. The normalized spacial score (nSPS) is 12.7. The predicted molar refractivity (Wildman–Crippen MR) is 195 cm³/mol. The van der Waals surface area contributed by atoms with E-state index >= 15 is 0 Å². The molecule has 262 valence electrons. The van der Waals surface area contributed by atoms with Gasteiger partial charge in [-0.05, 0) is 63.2 Å². The van der Waals surface area contributed by atoms with Crippen molar-refractivity contribution in [2.45, 2.75) is 24.0 Å². The first-order valence-corrected chi connectivity index (χ1v) is 16.9. The second-order valence-corrected chi connectivity index (χ2v) is 12.3. The van der Waals surface area contributed by atoms with Gasteiger partial charge in [0.15, 0.2) is 0 Å². The molecule has 0 bridgehead atoms. The predicted octanol–water partition coefficient (Wildman–Crippen LogP) is 6.42. The van der Waals surface area contributed by atoms with E-state index in [4.69, 9.17) is 18.9 Å². The summed E-state index contributed by atoms with van der Waals surface area (Å²) in [5.41, 5.74) is 5.95. The van der Waals surface area contributed by atoms with Gasteiger partial charge in [0.25, 0.3) is 0 Å². The number of hydrogen-bond acceptors (Lipinski definition) is 7. The Morgan fingerprint density at radius 3 is 1.75 bits per heavy atom. The average molecular weight is 687 g/mol. The fourth-order valence-corrected chi connectivity index (χ4v) is 6.67. The zero-order chi connectivity index (χ0) is 35.6. The molecule has 9 nitrogen and oxygen atoms in total. The molecule has 0 unspecified atom stereocenters. The summed E-state index contributed by atoms with van der Waals surface area (Å²) in [7, 11) is 3.22. The largest absolute Gasteiger partial charge is 0.497 e. The minimum atomic E-state index is -1.11. The molecular weight excluding hydrogens is 644 g/mol. The Kier molecular flexibility index (Phi) is 11.3.